The van der Waals surface area contributed by atoms with Gasteiger partial charge in [0.05, 0.1) is 22.5 Å². The van der Waals surface area contributed by atoms with Crippen LogP contribution in [0.1, 0.15) is 267 Å². The molecule has 0 aliphatic carbocycles. The van der Waals surface area contributed by atoms with Gasteiger partial charge in [-0.15, -0.1) is 0 Å². The van der Waals surface area contributed by atoms with E-state index < -0.39 is 40.1 Å². The Morgan fingerprint density at radius 2 is 0.922 bits per heavy atom. The molecule has 10 rings (SSSR count). The molecule has 6 atom stereocenters. The standard InChI is InChI=1S/4C8H15NO.2C8H17N.4C7H15NO2S/c1-6(2)7-3-4-9-8(10)5-7;1-6(2)7-3-4-8(10)9-5-7;1-7(2)9-6-4-3-5-8(9)10;1-6(2)7-4-3-5-9-8(7)10;1-7(2)8-3-5-9-6-4-8;1-8(2)9-6-4-3-5-7-9;1-6(2)7-3-4-11(9,10)8-5-7;1-6(2)7-3-4-8-11(9,10)5-7;1-7(2)8-5-3-4-6-11(8,9)10;1-6(2)7-4-3-5-8-11(7,9)10/h2*6-7H,3-5H2,1-2H3,(H,9,10);7H,3-6H2,1-2H3;6-7H,3-5H2,1-2H3,(H,9,10);7-9H,3-6H2,1-2H3;8H,3-7H2,1-2H3;2*6-8H,3-5H2,1-2H3;7H,3-6H2,1-2H3;6-8H,3-5H2,1-2H3. The highest BCUT2D eigenvalue weighted by atomic mass is 32.2. The summed E-state index contributed by atoms with van der Waals surface area (Å²) >= 11 is 0. The molecule has 7 N–H and O–H groups in total. The molecule has 10 fully saturated rings. The van der Waals surface area contributed by atoms with Crippen LogP contribution in [0.15, 0.2) is 0 Å². The number of likely N-dealkylation sites (tertiary alicyclic amines) is 2. The van der Waals surface area contributed by atoms with Crippen LogP contribution >= 0.6 is 0 Å². The van der Waals surface area contributed by atoms with E-state index in [1.807, 2.05) is 32.6 Å². The SMILES string of the molecule is CC(C)C1CCC(=O)NC1.CC(C)C1CCCNC1=O.CC(C)C1CCCNS1(=O)=O.CC(C)C1CCNC(=O)C1.CC(C)C1CCNCC1.CC(C)C1CCNS(=O)(=O)C1.CC(C)C1CCS(=O)(=O)NC1.CC(C)N1CCCCC1.CC(C)N1CCCCC1=O.CC(C)N1CCCCS1(=O)=O. The molecule has 22 nitrogen and oxygen atoms in total. The molecule has 604 valence electrons. The molecule has 10 heterocycles. The summed E-state index contributed by atoms with van der Waals surface area (Å²) in [5.41, 5.74) is 0. The highest BCUT2D eigenvalue weighted by Crippen LogP contribution is 2.26. The van der Waals surface area contributed by atoms with Crippen molar-refractivity contribution in [3.05, 3.63) is 0 Å². The lowest BCUT2D eigenvalue weighted by molar-refractivity contribution is -0.135. The van der Waals surface area contributed by atoms with Gasteiger partial charge in [0.1, 0.15) is 0 Å². The summed E-state index contributed by atoms with van der Waals surface area (Å²) in [4.78, 5) is 48.4. The lowest BCUT2D eigenvalue weighted by atomic mass is 9.87. The molecule has 0 spiro atoms. The van der Waals surface area contributed by atoms with E-state index in [0.29, 0.717) is 109 Å². The molecular weight excluding hydrogens is 1370 g/mol. The average Bonchev–Trinajstić information content (AvgIpc) is 0.846. The minimum Gasteiger partial charge on any atom is -0.356 e. The highest BCUT2D eigenvalue weighted by Gasteiger charge is 2.32. The molecule has 102 heavy (non-hydrogen) atoms. The van der Waals surface area contributed by atoms with Crippen molar-refractivity contribution < 1.29 is 52.8 Å². The van der Waals surface area contributed by atoms with Crippen molar-refractivity contribution in [1.29, 1.82) is 0 Å². The normalized spacial score (nSPS) is 26.6. The molecule has 0 aromatic carbocycles. The van der Waals surface area contributed by atoms with Crippen molar-refractivity contribution in [2.24, 2.45) is 76.9 Å². The van der Waals surface area contributed by atoms with Crippen molar-refractivity contribution >= 4 is 63.7 Å². The second-order valence-corrected chi connectivity index (χ2v) is 41.0. The quantitative estimate of drug-likeness (QED) is 0.107. The summed E-state index contributed by atoms with van der Waals surface area (Å²) in [6.07, 6.45) is 21.4. The predicted octanol–water partition coefficient (Wildman–Crippen LogP) is 11.1. The van der Waals surface area contributed by atoms with Crippen LogP contribution < -0.4 is 35.4 Å². The largest absolute Gasteiger partial charge is 0.356 e. The summed E-state index contributed by atoms with van der Waals surface area (Å²) in [6, 6.07) is 1.29. The van der Waals surface area contributed by atoms with Gasteiger partial charge >= 0.3 is 0 Å². The van der Waals surface area contributed by atoms with E-state index >= 15 is 0 Å². The molecule has 26 heteroatoms. The Morgan fingerprint density at radius 1 is 0.373 bits per heavy atom. The monoisotopic (exact) mass is 1530 g/mol. The third kappa shape index (κ3) is 41.7. The van der Waals surface area contributed by atoms with E-state index in [2.05, 4.69) is 151 Å². The van der Waals surface area contributed by atoms with Crippen molar-refractivity contribution in [1.82, 2.24) is 49.5 Å². The molecule has 0 radical (unpaired) electrons. The maximum absolute atomic E-state index is 11.3. The molecule has 0 saturated carbocycles. The van der Waals surface area contributed by atoms with Gasteiger partial charge in [0.2, 0.25) is 63.7 Å². The van der Waals surface area contributed by atoms with Crippen LogP contribution in [-0.4, -0.2) is 191 Å². The van der Waals surface area contributed by atoms with E-state index in [0.717, 1.165) is 134 Å². The fraction of sp³-hybridized carbons (Fsp3) is 0.947. The molecule has 10 aliphatic heterocycles. The Morgan fingerprint density at radius 3 is 1.29 bits per heavy atom. The summed E-state index contributed by atoms with van der Waals surface area (Å²) in [5.74, 6) is 9.50. The first-order valence-corrected chi connectivity index (χ1v) is 46.5. The summed E-state index contributed by atoms with van der Waals surface area (Å²) in [5, 5.41) is 11.8. The Balaban J connectivity index is 0.000000567. The number of rotatable bonds is 10. The van der Waals surface area contributed by atoms with Gasteiger partial charge in [-0.1, -0.05) is 103 Å². The number of sulfonamides is 4. The average molecular weight is 1530 g/mol. The molecule has 0 aromatic rings. The summed E-state index contributed by atoms with van der Waals surface area (Å²) < 4.78 is 98.5. The third-order valence-corrected chi connectivity index (χ3v) is 28.8. The number of hydrogen-bond acceptors (Lipinski definition) is 14. The first-order valence-electron chi connectivity index (χ1n) is 40.0. The van der Waals surface area contributed by atoms with Gasteiger partial charge < -0.3 is 31.1 Å². The Hall–Kier alpha value is -2.56. The lowest BCUT2D eigenvalue weighted by Gasteiger charge is -2.30. The smallest absolute Gasteiger partial charge is 0.223 e. The maximum atomic E-state index is 11.3. The van der Waals surface area contributed by atoms with Crippen molar-refractivity contribution in [3.8, 4) is 0 Å². The molecule has 10 saturated heterocycles. The van der Waals surface area contributed by atoms with Gasteiger partial charge in [-0.05, 0) is 241 Å². The zero-order valence-corrected chi connectivity index (χ0v) is 71.2. The fourth-order valence-corrected chi connectivity index (χ4v) is 20.5. The first kappa shape index (κ1) is 97.5. The van der Waals surface area contributed by atoms with E-state index in [1.54, 1.807) is 4.31 Å². The minimum atomic E-state index is -2.97. The van der Waals surface area contributed by atoms with Gasteiger partial charge in [-0.25, -0.2) is 47.8 Å². The van der Waals surface area contributed by atoms with E-state index in [1.165, 1.54) is 64.7 Å². The molecule has 6 unspecified atom stereocenters. The zero-order valence-electron chi connectivity index (χ0n) is 67.9. The number of carbonyl (C=O) groups excluding carboxylic acids is 4. The van der Waals surface area contributed by atoms with Crippen molar-refractivity contribution in [2.75, 3.05) is 95.8 Å². The van der Waals surface area contributed by atoms with E-state index in [-0.39, 0.29) is 40.8 Å². The Bertz CT molecular complexity index is 2650. The van der Waals surface area contributed by atoms with E-state index in [9.17, 15) is 52.8 Å². The third-order valence-electron chi connectivity index (χ3n) is 21.6. The molecular formula is C76H154N10O12S4. The van der Waals surface area contributed by atoms with Crippen molar-refractivity contribution in [3.63, 3.8) is 0 Å². The molecule has 10 aliphatic rings. The lowest BCUT2D eigenvalue weighted by Crippen LogP contribution is -2.42. The number of piperidine rings is 6. The maximum Gasteiger partial charge on any atom is 0.223 e. The molecule has 0 bridgehead atoms. The zero-order chi connectivity index (χ0) is 77.6. The molecule has 0 aromatic heterocycles. The van der Waals surface area contributed by atoms with Gasteiger partial charge in [0.15, 0.2) is 0 Å². The summed E-state index contributed by atoms with van der Waals surface area (Å²) in [7, 11) is -11.7. The van der Waals surface area contributed by atoms with Crippen molar-refractivity contribution in [2.45, 2.75) is 290 Å². The highest BCUT2D eigenvalue weighted by molar-refractivity contribution is 7.90. The fourth-order valence-electron chi connectivity index (χ4n) is 13.9. The molecule has 4 amide bonds. The number of hydrogen-bond donors (Lipinski definition) is 7. The summed E-state index contributed by atoms with van der Waals surface area (Å²) in [6.45, 7) is 53.8. The second-order valence-electron chi connectivity index (χ2n) is 33.2. The number of amides is 4. The Labute approximate surface area is 625 Å². The Kier molecular flexibility index (Phi) is 48.7. The first-order chi connectivity index (χ1) is 47.5. The van der Waals surface area contributed by atoms with Gasteiger partial charge in [-0.3, -0.25) is 19.2 Å². The second kappa shape index (κ2) is 51.0. The van der Waals surface area contributed by atoms with Gasteiger partial charge in [0, 0.05) is 95.7 Å². The topological polar surface area (TPSA) is 299 Å². The van der Waals surface area contributed by atoms with Crippen LogP contribution in [0.3, 0.4) is 0 Å². The van der Waals surface area contributed by atoms with Gasteiger partial charge in [-0.2, -0.15) is 4.31 Å². The van der Waals surface area contributed by atoms with E-state index in [4.69, 9.17) is 0 Å². The minimum absolute atomic E-state index is 0.125. The number of carbonyl (C=O) groups is 4. The number of nitrogens with one attached hydrogen (secondary N) is 7. The van der Waals surface area contributed by atoms with Crippen LogP contribution in [0, 0.1) is 76.9 Å². The van der Waals surface area contributed by atoms with Crippen LogP contribution in [0.2, 0.25) is 0 Å². The number of nitrogens with zero attached hydrogens (tertiary/aromatic N) is 3. The predicted molar refractivity (Wildman–Crippen MR) is 423 cm³/mol. The van der Waals surface area contributed by atoms with Crippen LogP contribution in [-0.2, 0) is 59.3 Å². The van der Waals surface area contributed by atoms with Gasteiger partial charge in [0.25, 0.3) is 0 Å². The van der Waals surface area contributed by atoms with Crippen LogP contribution in [0.4, 0.5) is 0 Å². The van der Waals surface area contributed by atoms with Crippen LogP contribution in [0.25, 0.3) is 0 Å². The van der Waals surface area contributed by atoms with Crippen LogP contribution in [0.5, 0.6) is 0 Å².